The Kier molecular flexibility index (Phi) is 5.02. The van der Waals surface area contributed by atoms with Gasteiger partial charge in [0.05, 0.1) is 22.8 Å². The SMILES string of the molecule is N#Cc1ccc(/C=N\NC(=O)c2ccc(Cl)c([N+](=O)[O-])c2)cc1. The number of carbonyl (C=O) groups is 1. The molecule has 0 atom stereocenters. The molecule has 0 fully saturated rings. The van der Waals surface area contributed by atoms with E-state index >= 15 is 0 Å². The van der Waals surface area contributed by atoms with Gasteiger partial charge >= 0.3 is 0 Å². The van der Waals surface area contributed by atoms with E-state index in [0.29, 0.717) is 11.1 Å². The Morgan fingerprint density at radius 1 is 1.30 bits per heavy atom. The van der Waals surface area contributed by atoms with Gasteiger partial charge in [-0.1, -0.05) is 23.7 Å². The lowest BCUT2D eigenvalue weighted by Crippen LogP contribution is -2.17. The maximum absolute atomic E-state index is 11.9. The van der Waals surface area contributed by atoms with Crippen LogP contribution >= 0.6 is 11.6 Å². The van der Waals surface area contributed by atoms with E-state index < -0.39 is 10.8 Å². The standard InChI is InChI=1S/C15H9ClN4O3/c16-13-6-5-12(7-14(13)20(22)23)15(21)19-18-9-11-3-1-10(8-17)2-4-11/h1-7,9H,(H,19,21)/b18-9-. The molecule has 0 aliphatic carbocycles. The largest absolute Gasteiger partial charge is 0.288 e. The Hall–Kier alpha value is -3.24. The second-order valence-corrected chi connectivity index (χ2v) is 4.76. The lowest BCUT2D eigenvalue weighted by molar-refractivity contribution is -0.384. The molecule has 1 amide bonds. The van der Waals surface area contributed by atoms with Crippen molar-refractivity contribution in [3.63, 3.8) is 0 Å². The highest BCUT2D eigenvalue weighted by Crippen LogP contribution is 2.24. The number of nitriles is 1. The van der Waals surface area contributed by atoms with Gasteiger partial charge in [-0.25, -0.2) is 5.43 Å². The van der Waals surface area contributed by atoms with Gasteiger partial charge < -0.3 is 0 Å². The monoisotopic (exact) mass is 328 g/mol. The van der Waals surface area contributed by atoms with Crippen molar-refractivity contribution in [2.45, 2.75) is 0 Å². The van der Waals surface area contributed by atoms with E-state index in [0.717, 1.165) is 6.07 Å². The molecule has 0 spiro atoms. The van der Waals surface area contributed by atoms with Crippen LogP contribution in [0, 0.1) is 21.4 Å². The smallest absolute Gasteiger partial charge is 0.267 e. The summed E-state index contributed by atoms with van der Waals surface area (Å²) in [4.78, 5) is 22.0. The minimum absolute atomic E-state index is 0.0485. The maximum atomic E-state index is 11.9. The van der Waals surface area contributed by atoms with E-state index in [4.69, 9.17) is 16.9 Å². The number of carbonyl (C=O) groups excluding carboxylic acids is 1. The second kappa shape index (κ2) is 7.15. The van der Waals surface area contributed by atoms with Crippen molar-refractivity contribution in [1.82, 2.24) is 5.43 Å². The van der Waals surface area contributed by atoms with Crippen LogP contribution in [0.3, 0.4) is 0 Å². The summed E-state index contributed by atoms with van der Waals surface area (Å²) in [5, 5.41) is 23.2. The zero-order valence-corrected chi connectivity index (χ0v) is 12.3. The Balaban J connectivity index is 2.07. The highest BCUT2D eigenvalue weighted by Gasteiger charge is 2.15. The van der Waals surface area contributed by atoms with Crippen LogP contribution in [-0.2, 0) is 0 Å². The quantitative estimate of drug-likeness (QED) is 0.528. The van der Waals surface area contributed by atoms with Crippen molar-refractivity contribution in [1.29, 1.82) is 5.26 Å². The summed E-state index contributed by atoms with van der Waals surface area (Å²) in [5.74, 6) is -0.602. The maximum Gasteiger partial charge on any atom is 0.288 e. The number of benzene rings is 2. The van der Waals surface area contributed by atoms with Gasteiger partial charge in [0.15, 0.2) is 0 Å². The Bertz CT molecular complexity index is 826. The van der Waals surface area contributed by atoms with Crippen molar-refractivity contribution in [3.05, 3.63) is 74.3 Å². The lowest BCUT2D eigenvalue weighted by atomic mass is 10.2. The summed E-state index contributed by atoms with van der Waals surface area (Å²) in [7, 11) is 0. The number of rotatable bonds is 4. The van der Waals surface area contributed by atoms with Crippen LogP contribution in [-0.4, -0.2) is 17.0 Å². The van der Waals surface area contributed by atoms with E-state index in [2.05, 4.69) is 10.5 Å². The van der Waals surface area contributed by atoms with Gasteiger partial charge in [-0.15, -0.1) is 0 Å². The Morgan fingerprint density at radius 2 is 2.00 bits per heavy atom. The van der Waals surface area contributed by atoms with Crippen molar-refractivity contribution in [3.8, 4) is 6.07 Å². The highest BCUT2D eigenvalue weighted by atomic mass is 35.5. The normalized spacial score (nSPS) is 10.3. The average Bonchev–Trinajstić information content (AvgIpc) is 2.55. The number of amides is 1. The van der Waals surface area contributed by atoms with Gasteiger partial charge in [0.25, 0.3) is 11.6 Å². The molecule has 8 heteroatoms. The van der Waals surface area contributed by atoms with E-state index in [1.807, 2.05) is 6.07 Å². The van der Waals surface area contributed by atoms with Crippen LogP contribution in [0.2, 0.25) is 5.02 Å². The number of nitro groups is 1. The molecule has 1 N–H and O–H groups in total. The summed E-state index contributed by atoms with van der Waals surface area (Å²) in [6.07, 6.45) is 1.39. The van der Waals surface area contributed by atoms with Crippen LogP contribution in [0.5, 0.6) is 0 Å². The number of nitrogens with zero attached hydrogens (tertiary/aromatic N) is 3. The Morgan fingerprint density at radius 3 is 2.61 bits per heavy atom. The first-order chi connectivity index (χ1) is 11.0. The van der Waals surface area contributed by atoms with E-state index in [9.17, 15) is 14.9 Å². The first kappa shape index (κ1) is 16.1. The first-order valence-corrected chi connectivity index (χ1v) is 6.66. The topological polar surface area (TPSA) is 108 Å². The van der Waals surface area contributed by atoms with Gasteiger partial charge in [-0.3, -0.25) is 14.9 Å². The molecule has 0 saturated carbocycles. The van der Waals surface area contributed by atoms with Gasteiger partial charge in [-0.05, 0) is 29.8 Å². The van der Waals surface area contributed by atoms with E-state index in [1.54, 1.807) is 24.3 Å². The zero-order valence-electron chi connectivity index (χ0n) is 11.6. The molecule has 114 valence electrons. The van der Waals surface area contributed by atoms with E-state index in [-0.39, 0.29) is 16.3 Å². The fraction of sp³-hybridized carbons (Fsp3) is 0. The molecule has 0 aromatic heterocycles. The molecule has 0 bridgehead atoms. The number of nitrogens with one attached hydrogen (secondary N) is 1. The molecule has 2 rings (SSSR count). The average molecular weight is 329 g/mol. The lowest BCUT2D eigenvalue weighted by Gasteiger charge is -2.01. The van der Waals surface area contributed by atoms with Crippen molar-refractivity contribution in [2.75, 3.05) is 0 Å². The number of hydrogen-bond acceptors (Lipinski definition) is 5. The molecule has 0 aliphatic heterocycles. The molecule has 7 nitrogen and oxygen atoms in total. The molecule has 0 unspecified atom stereocenters. The van der Waals surface area contributed by atoms with Crippen LogP contribution in [0.15, 0.2) is 47.6 Å². The number of nitro benzene ring substituents is 1. The zero-order chi connectivity index (χ0) is 16.8. The third-order valence-corrected chi connectivity index (χ3v) is 3.14. The van der Waals surface area contributed by atoms with Crippen LogP contribution in [0.1, 0.15) is 21.5 Å². The molecule has 2 aromatic rings. The fourth-order valence-corrected chi connectivity index (χ4v) is 1.85. The third kappa shape index (κ3) is 4.12. The molecule has 0 radical (unpaired) electrons. The van der Waals surface area contributed by atoms with Gasteiger partial charge in [0.1, 0.15) is 5.02 Å². The third-order valence-electron chi connectivity index (χ3n) is 2.82. The molecule has 23 heavy (non-hydrogen) atoms. The van der Waals surface area contributed by atoms with Crippen LogP contribution in [0.25, 0.3) is 0 Å². The molecule has 0 heterocycles. The number of hydrogen-bond donors (Lipinski definition) is 1. The van der Waals surface area contributed by atoms with Crippen molar-refractivity contribution in [2.24, 2.45) is 5.10 Å². The summed E-state index contributed by atoms with van der Waals surface area (Å²) >= 11 is 5.68. The fourth-order valence-electron chi connectivity index (χ4n) is 1.67. The Labute approximate surface area is 136 Å². The molecular weight excluding hydrogens is 320 g/mol. The van der Waals surface area contributed by atoms with Gasteiger partial charge in [-0.2, -0.15) is 10.4 Å². The molecule has 2 aromatic carbocycles. The van der Waals surface area contributed by atoms with Gasteiger partial charge in [0, 0.05) is 11.6 Å². The first-order valence-electron chi connectivity index (χ1n) is 6.29. The minimum Gasteiger partial charge on any atom is -0.267 e. The second-order valence-electron chi connectivity index (χ2n) is 4.36. The predicted molar refractivity (Wildman–Crippen MR) is 84.3 cm³/mol. The number of halogens is 1. The molecule has 0 saturated heterocycles. The number of hydrazone groups is 1. The summed E-state index contributed by atoms with van der Waals surface area (Å²) in [6, 6.07) is 12.3. The summed E-state index contributed by atoms with van der Waals surface area (Å²) in [5.41, 5.74) is 3.18. The van der Waals surface area contributed by atoms with Crippen molar-refractivity contribution < 1.29 is 9.72 Å². The summed E-state index contributed by atoms with van der Waals surface area (Å²) < 4.78 is 0. The highest BCUT2D eigenvalue weighted by molar-refractivity contribution is 6.32. The van der Waals surface area contributed by atoms with Crippen LogP contribution < -0.4 is 5.43 Å². The molecular formula is C15H9ClN4O3. The summed E-state index contributed by atoms with van der Waals surface area (Å²) in [6.45, 7) is 0. The van der Waals surface area contributed by atoms with Crippen molar-refractivity contribution >= 4 is 29.4 Å². The predicted octanol–water partition coefficient (Wildman–Crippen LogP) is 2.88. The van der Waals surface area contributed by atoms with E-state index in [1.165, 1.54) is 18.3 Å². The minimum atomic E-state index is -0.668. The molecule has 0 aliphatic rings. The van der Waals surface area contributed by atoms with Crippen LogP contribution in [0.4, 0.5) is 5.69 Å². The van der Waals surface area contributed by atoms with Gasteiger partial charge in [0.2, 0.25) is 0 Å².